The van der Waals surface area contributed by atoms with Crippen molar-refractivity contribution in [2.24, 2.45) is 0 Å². The lowest BCUT2D eigenvalue weighted by molar-refractivity contribution is 0.293. The van der Waals surface area contributed by atoms with E-state index >= 15 is 0 Å². The third kappa shape index (κ3) is 32.7. The van der Waals surface area contributed by atoms with E-state index in [9.17, 15) is 0 Å². The maximum atomic E-state index is 8.40. The molecule has 0 spiro atoms. The summed E-state index contributed by atoms with van der Waals surface area (Å²) in [7, 11) is 0. The highest BCUT2D eigenvalue weighted by Gasteiger charge is 1.72. The zero-order valence-electron chi connectivity index (χ0n) is 5.33. The minimum absolute atomic E-state index is 0.244. The second kappa shape index (κ2) is 15.7. The molecule has 0 bridgehead atoms. The van der Waals surface area contributed by atoms with Crippen LogP contribution in [0.2, 0.25) is 0 Å². The molecular formula is C4H12NO3S+. The third-order valence-corrected chi connectivity index (χ3v) is 0.539. The van der Waals surface area contributed by atoms with Crippen LogP contribution in [0.15, 0.2) is 0 Å². The largest absolute Gasteiger partial charge is 0.690 e. The summed E-state index contributed by atoms with van der Waals surface area (Å²) in [6, 6.07) is 0. The number of aliphatic hydroxyl groups excluding tert-OH is 1. The Balaban J connectivity index is 0. The Labute approximate surface area is 58.6 Å². The molecule has 56 valence electrons. The fraction of sp³-hybridized carbons (Fsp3) is 1.00. The number of aliphatic hydroxyl groups is 1. The molecule has 0 rings (SSSR count). The van der Waals surface area contributed by atoms with E-state index in [1.807, 2.05) is 6.92 Å². The van der Waals surface area contributed by atoms with E-state index < -0.39 is 11.9 Å². The lowest BCUT2D eigenvalue weighted by Crippen LogP contribution is -2.16. The fourth-order valence-corrected chi connectivity index (χ4v) is 0.256. The standard InChI is InChI=1S/C4H11NO.O2S/c1-2-5-3-4-6;1-3-2/h5-6H,2-4H2,1H3;/p+1. The maximum absolute atomic E-state index is 8.40. The van der Waals surface area contributed by atoms with Gasteiger partial charge in [0.05, 0.1) is 10.8 Å². The minimum atomic E-state index is -0.500. The van der Waals surface area contributed by atoms with Crippen LogP contribution in [0.25, 0.3) is 0 Å². The van der Waals surface area contributed by atoms with Gasteiger partial charge in [-0.2, -0.15) is 0 Å². The smallest absolute Gasteiger partial charge is 0.395 e. The Morgan fingerprint density at radius 3 is 2.22 bits per heavy atom. The number of likely N-dealkylation sites (N-methyl/N-ethyl adjacent to an activating group) is 1. The van der Waals surface area contributed by atoms with Crippen molar-refractivity contribution in [2.75, 3.05) is 19.7 Å². The number of nitrogens with one attached hydrogen (secondary N) is 1. The third-order valence-electron chi connectivity index (χ3n) is 0.539. The van der Waals surface area contributed by atoms with Gasteiger partial charge in [0.1, 0.15) is 0 Å². The first-order chi connectivity index (χ1) is 4.33. The molecule has 0 radical (unpaired) electrons. The van der Waals surface area contributed by atoms with Crippen molar-refractivity contribution in [3.63, 3.8) is 0 Å². The molecule has 5 heteroatoms. The quantitative estimate of drug-likeness (QED) is 0.290. The monoisotopic (exact) mass is 154 g/mol. The van der Waals surface area contributed by atoms with Gasteiger partial charge in [-0.25, -0.2) is 0 Å². The van der Waals surface area contributed by atoms with Gasteiger partial charge in [0.15, 0.2) is 0 Å². The Kier molecular flexibility index (Phi) is 20.3. The van der Waals surface area contributed by atoms with Crippen LogP contribution < -0.4 is 5.32 Å². The molecule has 0 aliphatic heterocycles. The summed E-state index contributed by atoms with van der Waals surface area (Å²) in [6.45, 7) is 3.92. The molecule has 0 saturated carbocycles. The van der Waals surface area contributed by atoms with Gasteiger partial charge in [-0.15, -0.1) is 0 Å². The Bertz CT molecular complexity index is 49.1. The highest BCUT2D eigenvalue weighted by atomic mass is 32.2. The molecule has 0 amide bonds. The fourth-order valence-electron chi connectivity index (χ4n) is 0.256. The summed E-state index contributed by atoms with van der Waals surface area (Å²) in [4.78, 5) is 0. The van der Waals surface area contributed by atoms with E-state index in [1.165, 1.54) is 0 Å². The van der Waals surface area contributed by atoms with Gasteiger partial charge in [-0.1, -0.05) is 11.5 Å². The first-order valence-electron chi connectivity index (χ1n) is 2.58. The minimum Gasteiger partial charge on any atom is -0.395 e. The Morgan fingerprint density at radius 1 is 1.67 bits per heavy atom. The van der Waals surface area contributed by atoms with E-state index in [0.717, 1.165) is 13.1 Å². The summed E-state index contributed by atoms with van der Waals surface area (Å²) in [5.41, 5.74) is 0. The van der Waals surface area contributed by atoms with Gasteiger partial charge in [-0.05, 0) is 6.54 Å². The van der Waals surface area contributed by atoms with Crippen LogP contribution in [0, 0.1) is 0 Å². The van der Waals surface area contributed by atoms with Gasteiger partial charge in [-0.3, -0.25) is 0 Å². The molecule has 0 fully saturated rings. The van der Waals surface area contributed by atoms with Crippen LogP contribution in [-0.2, 0) is 16.2 Å². The van der Waals surface area contributed by atoms with Crippen molar-refractivity contribution in [1.82, 2.24) is 5.32 Å². The Morgan fingerprint density at radius 2 is 2.11 bits per heavy atom. The van der Waals surface area contributed by atoms with Crippen molar-refractivity contribution >= 4 is 11.9 Å². The summed E-state index contributed by atoms with van der Waals surface area (Å²) < 4.78 is 15.3. The molecule has 0 unspecified atom stereocenters. The van der Waals surface area contributed by atoms with E-state index in [4.69, 9.17) is 13.9 Å². The van der Waals surface area contributed by atoms with Gasteiger partial charge in [0.2, 0.25) is 0 Å². The second-order valence-corrected chi connectivity index (χ2v) is 1.30. The van der Waals surface area contributed by atoms with Gasteiger partial charge in [0, 0.05) is 6.54 Å². The highest BCUT2D eigenvalue weighted by molar-refractivity contribution is 7.59. The molecule has 0 aromatic carbocycles. The Hall–Kier alpha value is -0.100. The average molecular weight is 154 g/mol. The molecule has 0 aromatic heterocycles. The van der Waals surface area contributed by atoms with Crippen LogP contribution in [0.3, 0.4) is 0 Å². The first kappa shape index (κ1) is 11.7. The molecule has 4 nitrogen and oxygen atoms in total. The molecule has 0 aromatic rings. The topological polar surface area (TPSA) is 69.6 Å². The average Bonchev–Trinajstić information content (AvgIpc) is 1.86. The van der Waals surface area contributed by atoms with Crippen molar-refractivity contribution in [3.8, 4) is 0 Å². The van der Waals surface area contributed by atoms with E-state index in [2.05, 4.69) is 5.32 Å². The lowest BCUT2D eigenvalue weighted by atomic mass is 10.6. The molecule has 0 atom stereocenters. The van der Waals surface area contributed by atoms with Crippen LogP contribution in [0.4, 0.5) is 0 Å². The zero-order valence-corrected chi connectivity index (χ0v) is 6.15. The van der Waals surface area contributed by atoms with Crippen LogP contribution in [-0.4, -0.2) is 29.4 Å². The van der Waals surface area contributed by atoms with Crippen molar-refractivity contribution in [1.29, 1.82) is 0 Å². The zero-order chi connectivity index (χ0) is 7.54. The predicted octanol–water partition coefficient (Wildman–Crippen LogP) is -0.524. The number of hydrogen-bond donors (Lipinski definition) is 3. The lowest BCUT2D eigenvalue weighted by Gasteiger charge is -1.91. The van der Waals surface area contributed by atoms with Gasteiger partial charge < -0.3 is 10.4 Å². The molecule has 0 heterocycles. The normalized spacial score (nSPS) is 7.44. The summed E-state index contributed by atoms with van der Waals surface area (Å²) in [5, 5.41) is 11.1. The summed E-state index contributed by atoms with van der Waals surface area (Å²) in [6.07, 6.45) is 0. The van der Waals surface area contributed by atoms with E-state index in [-0.39, 0.29) is 6.61 Å². The van der Waals surface area contributed by atoms with Crippen LogP contribution in [0.5, 0.6) is 0 Å². The molecule has 9 heavy (non-hydrogen) atoms. The number of hydrogen-bond acceptors (Lipinski definition) is 3. The van der Waals surface area contributed by atoms with Crippen molar-refractivity contribution < 1.29 is 13.9 Å². The SMILES string of the molecule is CCNCCO.O=[S+]O. The molecule has 0 saturated heterocycles. The van der Waals surface area contributed by atoms with E-state index in [0.29, 0.717) is 0 Å². The molecule has 0 aliphatic carbocycles. The number of rotatable bonds is 3. The second-order valence-electron chi connectivity index (χ2n) is 1.15. The van der Waals surface area contributed by atoms with E-state index in [1.54, 1.807) is 0 Å². The molecular weight excluding hydrogens is 142 g/mol. The molecule has 0 aliphatic rings. The predicted molar refractivity (Wildman–Crippen MR) is 36.3 cm³/mol. The summed E-state index contributed by atoms with van der Waals surface area (Å²) in [5.74, 6) is 0. The van der Waals surface area contributed by atoms with Gasteiger partial charge in [0.25, 0.3) is 0 Å². The molecule has 3 N–H and O–H groups in total. The van der Waals surface area contributed by atoms with Crippen molar-refractivity contribution in [2.45, 2.75) is 6.92 Å². The first-order valence-corrected chi connectivity index (χ1v) is 3.28. The highest BCUT2D eigenvalue weighted by Crippen LogP contribution is 1.51. The van der Waals surface area contributed by atoms with Crippen LogP contribution >= 0.6 is 0 Å². The van der Waals surface area contributed by atoms with Crippen molar-refractivity contribution in [3.05, 3.63) is 0 Å². The van der Waals surface area contributed by atoms with Gasteiger partial charge >= 0.3 is 11.9 Å². The maximum Gasteiger partial charge on any atom is 0.690 e. The van der Waals surface area contributed by atoms with Crippen LogP contribution in [0.1, 0.15) is 6.92 Å². The summed E-state index contributed by atoms with van der Waals surface area (Å²) >= 11 is -0.500.